The Labute approximate surface area is 145 Å². The first-order valence-electron chi connectivity index (χ1n) is 7.51. The predicted octanol–water partition coefficient (Wildman–Crippen LogP) is 3.06. The number of esters is 1. The van der Waals surface area contributed by atoms with E-state index in [0.29, 0.717) is 17.7 Å². The van der Waals surface area contributed by atoms with Crippen LogP contribution >= 0.6 is 0 Å². The van der Waals surface area contributed by atoms with Crippen molar-refractivity contribution >= 4 is 20.5 Å². The van der Waals surface area contributed by atoms with E-state index in [1.807, 2.05) is 29.2 Å². The zero-order chi connectivity index (χ0) is 17.1. The summed E-state index contributed by atoms with van der Waals surface area (Å²) in [5, 5.41) is 0. The molecule has 1 aliphatic heterocycles. The van der Waals surface area contributed by atoms with Crippen molar-refractivity contribution in [2.45, 2.75) is 6.92 Å². The average Bonchev–Trinajstić information content (AvgIpc) is 2.61. The van der Waals surface area contributed by atoms with Crippen LogP contribution in [0.25, 0.3) is 21.1 Å². The van der Waals surface area contributed by atoms with Gasteiger partial charge in [-0.25, -0.2) is 0 Å². The third-order valence-corrected chi connectivity index (χ3v) is 5.86. The van der Waals surface area contributed by atoms with Crippen LogP contribution in [0.4, 0.5) is 0 Å². The van der Waals surface area contributed by atoms with Crippen LogP contribution in [0.1, 0.15) is 17.3 Å². The molecular formula is C19H16O4Se. The van der Waals surface area contributed by atoms with E-state index in [4.69, 9.17) is 9.47 Å². The Hall–Kier alpha value is -2.36. The van der Waals surface area contributed by atoms with Gasteiger partial charge in [-0.15, -0.1) is 0 Å². The van der Waals surface area contributed by atoms with Crippen LogP contribution in [0.15, 0.2) is 52.2 Å². The molecule has 1 aromatic carbocycles. The first-order valence-corrected chi connectivity index (χ1v) is 9.35. The fourth-order valence-corrected chi connectivity index (χ4v) is 4.70. The van der Waals surface area contributed by atoms with Gasteiger partial charge in [-0.05, 0) is 0 Å². The number of hydrogen-bond acceptors (Lipinski definition) is 4. The third-order valence-electron chi connectivity index (χ3n) is 3.67. The van der Waals surface area contributed by atoms with Gasteiger partial charge in [0.1, 0.15) is 0 Å². The van der Waals surface area contributed by atoms with Crippen molar-refractivity contribution in [3.05, 3.63) is 63.2 Å². The van der Waals surface area contributed by atoms with Crippen LogP contribution < -0.4 is 10.2 Å². The van der Waals surface area contributed by atoms with Crippen LogP contribution in [0.2, 0.25) is 0 Å². The zero-order valence-corrected chi connectivity index (χ0v) is 15.1. The Balaban J connectivity index is 2.18. The fourth-order valence-electron chi connectivity index (χ4n) is 2.52. The second-order valence-corrected chi connectivity index (χ2v) is 6.98. The van der Waals surface area contributed by atoms with Crippen molar-refractivity contribution in [2.75, 3.05) is 13.7 Å². The molecule has 0 saturated heterocycles. The minimum atomic E-state index is -0.375. The van der Waals surface area contributed by atoms with Crippen LogP contribution in [0.3, 0.4) is 0 Å². The summed E-state index contributed by atoms with van der Waals surface area (Å²) in [5.74, 6) is 0.417. The van der Waals surface area contributed by atoms with E-state index in [9.17, 15) is 9.59 Å². The molecule has 5 heteroatoms. The molecule has 0 N–H and O–H groups in total. The van der Waals surface area contributed by atoms with Crippen LogP contribution in [-0.2, 0) is 4.74 Å². The molecule has 0 radical (unpaired) electrons. The standard InChI is InChI=1S/C19H16O4Se/c1-3-23-19(21)17-11-24-18(12-4-7-14(22-2)8-5-12)15-9-6-13(20)10-16(15)17/h4-11H,3H2,1-2H3. The molecule has 24 heavy (non-hydrogen) atoms. The Morgan fingerprint density at radius 2 is 1.83 bits per heavy atom. The summed E-state index contributed by atoms with van der Waals surface area (Å²) in [6.45, 7) is 2.08. The SMILES string of the molecule is CCOC(=O)c1c[se]c(-c2ccc(OC)cc2)c2ccc(=O)cc1-2. The maximum absolute atomic E-state index is 12.2. The molecular weight excluding hydrogens is 371 g/mol. The molecule has 0 fully saturated rings. The normalized spacial score (nSPS) is 10.6. The Bertz CT molecular complexity index is 896. The monoisotopic (exact) mass is 388 g/mol. The summed E-state index contributed by atoms with van der Waals surface area (Å²) >= 11 is -0.0336. The Morgan fingerprint density at radius 3 is 2.50 bits per heavy atom. The van der Waals surface area contributed by atoms with E-state index in [0.717, 1.165) is 21.3 Å². The molecule has 0 saturated carbocycles. The number of hydrogen-bond donors (Lipinski definition) is 0. The zero-order valence-electron chi connectivity index (χ0n) is 13.4. The van der Waals surface area contributed by atoms with Gasteiger partial charge >= 0.3 is 145 Å². The fraction of sp³-hybridized carbons (Fsp3) is 0.158. The molecule has 0 unspecified atom stereocenters. The first-order chi connectivity index (χ1) is 11.6. The van der Waals surface area contributed by atoms with Gasteiger partial charge in [0, 0.05) is 0 Å². The van der Waals surface area contributed by atoms with Crippen LogP contribution in [0, 0.1) is 0 Å². The van der Waals surface area contributed by atoms with Crippen molar-refractivity contribution in [1.29, 1.82) is 0 Å². The van der Waals surface area contributed by atoms with Crippen molar-refractivity contribution in [3.8, 4) is 26.9 Å². The Kier molecular flexibility index (Phi) is 4.84. The molecule has 0 amide bonds. The van der Waals surface area contributed by atoms with Crippen molar-refractivity contribution in [2.24, 2.45) is 0 Å². The molecule has 0 bridgehead atoms. The molecule has 1 aromatic rings. The van der Waals surface area contributed by atoms with Crippen LogP contribution in [-0.4, -0.2) is 34.2 Å². The van der Waals surface area contributed by atoms with E-state index in [2.05, 4.69) is 0 Å². The molecule has 2 aliphatic rings. The van der Waals surface area contributed by atoms with E-state index >= 15 is 0 Å². The van der Waals surface area contributed by atoms with Crippen LogP contribution in [0.5, 0.6) is 5.75 Å². The molecule has 1 aliphatic carbocycles. The van der Waals surface area contributed by atoms with Gasteiger partial charge in [0.25, 0.3) is 0 Å². The number of carbonyl (C=O) groups is 1. The second-order valence-electron chi connectivity index (χ2n) is 5.13. The predicted molar refractivity (Wildman–Crippen MR) is 94.2 cm³/mol. The minimum absolute atomic E-state index is 0.0336. The number of carbonyl (C=O) groups excluding carboxylic acids is 1. The van der Waals surface area contributed by atoms with Crippen molar-refractivity contribution in [1.82, 2.24) is 0 Å². The summed E-state index contributed by atoms with van der Waals surface area (Å²) in [6.07, 6.45) is 0. The first kappa shape index (κ1) is 16.5. The van der Waals surface area contributed by atoms with Gasteiger partial charge in [-0.1, -0.05) is 0 Å². The number of rotatable bonds is 4. The number of fused-ring (bicyclic) bond motifs is 1. The molecule has 122 valence electrons. The number of methoxy groups -OCH3 is 1. The van der Waals surface area contributed by atoms with Gasteiger partial charge in [0.2, 0.25) is 0 Å². The van der Waals surface area contributed by atoms with Gasteiger partial charge in [-0.2, -0.15) is 0 Å². The van der Waals surface area contributed by atoms with Gasteiger partial charge in [-0.3, -0.25) is 0 Å². The number of ether oxygens (including phenoxy) is 2. The molecule has 0 atom stereocenters. The van der Waals surface area contributed by atoms with Gasteiger partial charge in [0.05, 0.1) is 0 Å². The quantitative estimate of drug-likeness (QED) is 0.510. The summed E-state index contributed by atoms with van der Waals surface area (Å²) in [6, 6.07) is 12.6. The van der Waals surface area contributed by atoms with E-state index in [1.165, 1.54) is 12.1 Å². The molecule has 3 rings (SSSR count). The maximum atomic E-state index is 12.2. The number of benzene rings is 2. The molecule has 0 spiro atoms. The molecule has 0 aromatic heterocycles. The topological polar surface area (TPSA) is 52.6 Å². The van der Waals surface area contributed by atoms with Crippen molar-refractivity contribution in [3.63, 3.8) is 0 Å². The summed E-state index contributed by atoms with van der Waals surface area (Å²) < 4.78 is 11.5. The van der Waals surface area contributed by atoms with Crippen molar-refractivity contribution < 1.29 is 14.3 Å². The average molecular weight is 387 g/mol. The molecule has 4 nitrogen and oxygen atoms in total. The van der Waals surface area contributed by atoms with Gasteiger partial charge in [0.15, 0.2) is 0 Å². The summed E-state index contributed by atoms with van der Waals surface area (Å²) in [5.41, 5.74) is 3.01. The summed E-state index contributed by atoms with van der Waals surface area (Å²) in [4.78, 5) is 25.9. The van der Waals surface area contributed by atoms with E-state index in [1.54, 1.807) is 20.1 Å². The van der Waals surface area contributed by atoms with E-state index < -0.39 is 0 Å². The third kappa shape index (κ3) is 3.14. The van der Waals surface area contributed by atoms with E-state index in [-0.39, 0.29) is 25.9 Å². The molecule has 1 heterocycles. The summed E-state index contributed by atoms with van der Waals surface area (Å²) in [7, 11) is 1.63. The Morgan fingerprint density at radius 1 is 1.08 bits per heavy atom. The second kappa shape index (κ2) is 7.03. The van der Waals surface area contributed by atoms with Gasteiger partial charge < -0.3 is 0 Å².